The Labute approximate surface area is 164 Å². The van der Waals surface area contributed by atoms with Crippen molar-refractivity contribution in [1.82, 2.24) is 0 Å². The van der Waals surface area contributed by atoms with Crippen LogP contribution in [0.2, 0.25) is 0 Å². The van der Waals surface area contributed by atoms with Crippen LogP contribution >= 0.6 is 0 Å². The van der Waals surface area contributed by atoms with Crippen LogP contribution in [0.25, 0.3) is 0 Å². The third kappa shape index (κ3) is 4.13. The van der Waals surface area contributed by atoms with Gasteiger partial charge in [0.2, 0.25) is 0 Å². The fraction of sp³-hybridized carbons (Fsp3) is 0.500. The van der Waals surface area contributed by atoms with E-state index in [-0.39, 0.29) is 24.6 Å². The molecule has 1 saturated heterocycles. The molecule has 0 unspecified atom stereocenters. The third-order valence-electron chi connectivity index (χ3n) is 5.13. The second-order valence-electron chi connectivity index (χ2n) is 6.65. The van der Waals surface area contributed by atoms with Crippen LogP contribution in [0.15, 0.2) is 35.5 Å². The van der Waals surface area contributed by atoms with Crippen LogP contribution in [0.4, 0.5) is 11.4 Å². The number of anilines is 2. The summed E-state index contributed by atoms with van der Waals surface area (Å²) in [5.74, 6) is -1.21. The van der Waals surface area contributed by atoms with Crippen molar-refractivity contribution < 1.29 is 28.5 Å². The standard InChI is InChI=1S/C20H26N2O6/c1-25-16-8-10-21(11-9-16)14-4-6-15(7-5-14)22-13-28-12-17(19(23)26-2)18(22)20(24)27-3/h4-7,16H,8-13H2,1-3H3. The average Bonchev–Trinajstić information content (AvgIpc) is 2.77. The summed E-state index contributed by atoms with van der Waals surface area (Å²) in [6.45, 7) is 2.01. The lowest BCUT2D eigenvalue weighted by atomic mass is 10.1. The molecule has 0 atom stereocenters. The highest BCUT2D eigenvalue weighted by Crippen LogP contribution is 2.29. The Balaban J connectivity index is 1.83. The summed E-state index contributed by atoms with van der Waals surface area (Å²) >= 11 is 0. The van der Waals surface area contributed by atoms with E-state index in [2.05, 4.69) is 4.90 Å². The second-order valence-corrected chi connectivity index (χ2v) is 6.65. The Morgan fingerprint density at radius 3 is 2.14 bits per heavy atom. The molecule has 2 heterocycles. The Kier molecular flexibility index (Phi) is 6.53. The Morgan fingerprint density at radius 2 is 1.57 bits per heavy atom. The molecule has 0 aliphatic carbocycles. The zero-order valence-corrected chi connectivity index (χ0v) is 16.5. The minimum absolute atomic E-state index is 0.000133. The van der Waals surface area contributed by atoms with Gasteiger partial charge in [-0.3, -0.25) is 0 Å². The molecule has 0 N–H and O–H groups in total. The van der Waals surface area contributed by atoms with Gasteiger partial charge in [-0.2, -0.15) is 0 Å². The zero-order chi connectivity index (χ0) is 20.1. The summed E-state index contributed by atoms with van der Waals surface area (Å²) in [6.07, 6.45) is 2.32. The van der Waals surface area contributed by atoms with Crippen LogP contribution in [0.3, 0.4) is 0 Å². The van der Waals surface area contributed by atoms with Crippen LogP contribution in [0.1, 0.15) is 12.8 Å². The number of carbonyl (C=O) groups excluding carboxylic acids is 2. The number of hydrogen-bond donors (Lipinski definition) is 0. The lowest BCUT2D eigenvalue weighted by Crippen LogP contribution is -2.39. The number of esters is 2. The van der Waals surface area contributed by atoms with Crippen molar-refractivity contribution in [3.8, 4) is 0 Å². The van der Waals surface area contributed by atoms with E-state index in [1.165, 1.54) is 14.2 Å². The molecule has 1 aromatic carbocycles. The molecule has 0 amide bonds. The average molecular weight is 390 g/mol. The van der Waals surface area contributed by atoms with E-state index in [1.807, 2.05) is 24.3 Å². The molecule has 2 aliphatic rings. The lowest BCUT2D eigenvalue weighted by molar-refractivity contribution is -0.140. The number of piperidine rings is 1. The van der Waals surface area contributed by atoms with Crippen molar-refractivity contribution in [3.05, 3.63) is 35.5 Å². The maximum absolute atomic E-state index is 12.3. The Morgan fingerprint density at radius 1 is 0.964 bits per heavy atom. The van der Waals surface area contributed by atoms with E-state index < -0.39 is 11.9 Å². The molecule has 152 valence electrons. The van der Waals surface area contributed by atoms with Gasteiger partial charge in [-0.25, -0.2) is 9.59 Å². The van der Waals surface area contributed by atoms with E-state index in [0.29, 0.717) is 6.10 Å². The van der Waals surface area contributed by atoms with Crippen molar-refractivity contribution in [2.75, 3.05) is 57.6 Å². The summed E-state index contributed by atoms with van der Waals surface area (Å²) < 4.78 is 20.6. The molecular weight excluding hydrogens is 364 g/mol. The quantitative estimate of drug-likeness (QED) is 0.703. The first-order valence-electron chi connectivity index (χ1n) is 9.22. The van der Waals surface area contributed by atoms with Crippen molar-refractivity contribution >= 4 is 23.3 Å². The fourth-order valence-corrected chi connectivity index (χ4v) is 3.54. The van der Waals surface area contributed by atoms with Gasteiger partial charge in [-0.05, 0) is 37.1 Å². The van der Waals surface area contributed by atoms with Gasteiger partial charge in [-0.15, -0.1) is 0 Å². The van der Waals surface area contributed by atoms with Gasteiger partial charge < -0.3 is 28.7 Å². The third-order valence-corrected chi connectivity index (χ3v) is 5.13. The molecule has 0 radical (unpaired) electrons. The van der Waals surface area contributed by atoms with E-state index >= 15 is 0 Å². The van der Waals surface area contributed by atoms with Crippen molar-refractivity contribution in [3.63, 3.8) is 0 Å². The molecule has 0 spiro atoms. The maximum atomic E-state index is 12.3. The molecule has 1 aromatic rings. The topological polar surface area (TPSA) is 77.5 Å². The van der Waals surface area contributed by atoms with E-state index in [0.717, 1.165) is 37.3 Å². The van der Waals surface area contributed by atoms with Crippen LogP contribution in [0.5, 0.6) is 0 Å². The van der Waals surface area contributed by atoms with Gasteiger partial charge in [0.05, 0.1) is 32.5 Å². The minimum Gasteiger partial charge on any atom is -0.466 e. The van der Waals surface area contributed by atoms with Crippen molar-refractivity contribution in [2.45, 2.75) is 18.9 Å². The predicted molar refractivity (Wildman–Crippen MR) is 103 cm³/mol. The molecular formula is C20H26N2O6. The summed E-state index contributed by atoms with van der Waals surface area (Å²) in [6, 6.07) is 7.82. The first kappa shape index (κ1) is 20.2. The Hall–Kier alpha value is -2.58. The Bertz CT molecular complexity index is 738. The molecule has 0 aromatic heterocycles. The van der Waals surface area contributed by atoms with Crippen LogP contribution in [-0.2, 0) is 28.5 Å². The highest BCUT2D eigenvalue weighted by atomic mass is 16.5. The SMILES string of the molecule is COC(=O)C1=C(C(=O)OC)N(c2ccc(N3CCC(OC)CC3)cc2)COC1. The van der Waals surface area contributed by atoms with E-state index in [9.17, 15) is 9.59 Å². The van der Waals surface area contributed by atoms with Gasteiger partial charge in [0.25, 0.3) is 0 Å². The number of nitrogens with zero attached hydrogens (tertiary/aromatic N) is 2. The normalized spacial score (nSPS) is 18.2. The second kappa shape index (κ2) is 9.07. The first-order valence-corrected chi connectivity index (χ1v) is 9.22. The van der Waals surface area contributed by atoms with Gasteiger partial charge >= 0.3 is 11.9 Å². The number of ether oxygens (including phenoxy) is 4. The molecule has 28 heavy (non-hydrogen) atoms. The summed E-state index contributed by atoms with van der Waals surface area (Å²) in [7, 11) is 4.31. The van der Waals surface area contributed by atoms with Crippen molar-refractivity contribution in [2.24, 2.45) is 0 Å². The van der Waals surface area contributed by atoms with Crippen LogP contribution in [-0.4, -0.2) is 65.8 Å². The zero-order valence-electron chi connectivity index (χ0n) is 16.5. The molecule has 8 heteroatoms. The number of hydrogen-bond acceptors (Lipinski definition) is 8. The van der Waals surface area contributed by atoms with Crippen LogP contribution in [0, 0.1) is 0 Å². The molecule has 2 aliphatic heterocycles. The van der Waals surface area contributed by atoms with E-state index in [4.69, 9.17) is 18.9 Å². The smallest absolute Gasteiger partial charge is 0.355 e. The molecule has 3 rings (SSSR count). The van der Waals surface area contributed by atoms with Crippen molar-refractivity contribution in [1.29, 1.82) is 0 Å². The van der Waals surface area contributed by atoms with Crippen LogP contribution < -0.4 is 9.80 Å². The lowest BCUT2D eigenvalue weighted by Gasteiger charge is -2.34. The van der Waals surface area contributed by atoms with Gasteiger partial charge in [0.1, 0.15) is 12.4 Å². The monoisotopic (exact) mass is 390 g/mol. The predicted octanol–water partition coefficient (Wildman–Crippen LogP) is 1.70. The highest BCUT2D eigenvalue weighted by Gasteiger charge is 2.32. The molecule has 8 nitrogen and oxygen atoms in total. The maximum Gasteiger partial charge on any atom is 0.355 e. The van der Waals surface area contributed by atoms with Gasteiger partial charge in [0.15, 0.2) is 0 Å². The minimum atomic E-state index is -0.609. The van der Waals surface area contributed by atoms with Gasteiger partial charge in [-0.1, -0.05) is 0 Å². The first-order chi connectivity index (χ1) is 13.6. The fourth-order valence-electron chi connectivity index (χ4n) is 3.54. The van der Waals surface area contributed by atoms with E-state index in [1.54, 1.807) is 12.0 Å². The molecule has 1 fully saturated rings. The number of methoxy groups -OCH3 is 3. The number of benzene rings is 1. The molecule has 0 saturated carbocycles. The largest absolute Gasteiger partial charge is 0.466 e. The summed E-state index contributed by atoms with van der Waals surface area (Å²) in [4.78, 5) is 28.4. The molecule has 0 bridgehead atoms. The number of rotatable bonds is 5. The van der Waals surface area contributed by atoms with Gasteiger partial charge in [0, 0.05) is 31.6 Å². The number of carbonyl (C=O) groups is 2. The summed E-state index contributed by atoms with van der Waals surface area (Å²) in [5.41, 5.74) is 2.13. The summed E-state index contributed by atoms with van der Waals surface area (Å²) in [5, 5.41) is 0. The highest BCUT2D eigenvalue weighted by molar-refractivity contribution is 6.03.